The maximum atomic E-state index is 13.0. The fourth-order valence-electron chi connectivity index (χ4n) is 3.44. The molecule has 136 valence electrons. The van der Waals surface area contributed by atoms with Crippen molar-refractivity contribution in [1.82, 2.24) is 14.9 Å². The van der Waals surface area contributed by atoms with Crippen LogP contribution in [-0.4, -0.2) is 59.3 Å². The van der Waals surface area contributed by atoms with E-state index >= 15 is 0 Å². The second kappa shape index (κ2) is 7.31. The van der Waals surface area contributed by atoms with Gasteiger partial charge in [0.25, 0.3) is 5.91 Å². The van der Waals surface area contributed by atoms with Gasteiger partial charge in [-0.25, -0.2) is 9.97 Å². The normalized spacial score (nSPS) is 19.5. The van der Waals surface area contributed by atoms with Crippen LogP contribution in [0.5, 0.6) is 0 Å². The third-order valence-corrected chi connectivity index (χ3v) is 5.17. The van der Waals surface area contributed by atoms with E-state index in [1.807, 2.05) is 17.0 Å². The van der Waals surface area contributed by atoms with Gasteiger partial charge in [0.2, 0.25) is 0 Å². The zero-order chi connectivity index (χ0) is 18.0. The Labute approximate surface area is 157 Å². The summed E-state index contributed by atoms with van der Waals surface area (Å²) in [5.74, 6) is 0.429. The van der Waals surface area contributed by atoms with Gasteiger partial charge in [-0.3, -0.25) is 4.79 Å². The van der Waals surface area contributed by atoms with Crippen LogP contribution in [0.15, 0.2) is 36.5 Å². The van der Waals surface area contributed by atoms with E-state index in [4.69, 9.17) is 21.1 Å². The van der Waals surface area contributed by atoms with Crippen LogP contribution in [0.2, 0.25) is 5.02 Å². The molecule has 0 aliphatic carbocycles. The van der Waals surface area contributed by atoms with Crippen molar-refractivity contribution in [2.75, 3.05) is 32.9 Å². The van der Waals surface area contributed by atoms with E-state index in [1.165, 1.54) is 0 Å². The summed E-state index contributed by atoms with van der Waals surface area (Å²) in [5.41, 5.74) is 0.944. The Morgan fingerprint density at radius 1 is 1.12 bits per heavy atom. The van der Waals surface area contributed by atoms with Gasteiger partial charge in [0.05, 0.1) is 18.8 Å². The lowest BCUT2D eigenvalue weighted by Gasteiger charge is -2.44. The molecule has 3 heterocycles. The highest BCUT2D eigenvalue weighted by molar-refractivity contribution is 6.30. The topological polar surface area (TPSA) is 64.6 Å². The van der Waals surface area contributed by atoms with Crippen molar-refractivity contribution >= 4 is 17.5 Å². The molecule has 1 aromatic carbocycles. The molecule has 0 atom stereocenters. The molecule has 26 heavy (non-hydrogen) atoms. The summed E-state index contributed by atoms with van der Waals surface area (Å²) < 4.78 is 11.4. The molecule has 2 aliphatic heterocycles. The van der Waals surface area contributed by atoms with Gasteiger partial charge < -0.3 is 14.4 Å². The van der Waals surface area contributed by atoms with E-state index in [9.17, 15) is 4.79 Å². The Kier molecular flexibility index (Phi) is 4.89. The van der Waals surface area contributed by atoms with Crippen LogP contribution in [0.3, 0.4) is 0 Å². The molecule has 4 rings (SSSR count). The number of hydrogen-bond acceptors (Lipinski definition) is 5. The standard InChI is InChI=1S/C19H20ClN3O3/c20-15-3-1-14(2-4-15)17-21-8-5-16(22-17)18(24)23-9-12-26-19(13-23)6-10-25-11-7-19/h1-5,8H,6-7,9-13H2. The summed E-state index contributed by atoms with van der Waals surface area (Å²) in [5, 5.41) is 0.649. The van der Waals surface area contributed by atoms with Gasteiger partial charge in [0, 0.05) is 49.4 Å². The first-order chi connectivity index (χ1) is 12.7. The molecule has 2 aliphatic rings. The zero-order valence-electron chi connectivity index (χ0n) is 14.4. The van der Waals surface area contributed by atoms with E-state index < -0.39 is 0 Å². The third kappa shape index (κ3) is 3.58. The maximum absolute atomic E-state index is 13.0. The number of halogens is 1. The Balaban J connectivity index is 1.54. The first kappa shape index (κ1) is 17.4. The summed E-state index contributed by atoms with van der Waals surface area (Å²) in [6.45, 7) is 3.05. The highest BCUT2D eigenvalue weighted by atomic mass is 35.5. The van der Waals surface area contributed by atoms with E-state index in [1.54, 1.807) is 24.4 Å². The minimum Gasteiger partial charge on any atom is -0.381 e. The number of carbonyl (C=O) groups excluding carboxylic acids is 1. The van der Waals surface area contributed by atoms with Gasteiger partial charge in [-0.15, -0.1) is 0 Å². The number of rotatable bonds is 2. The third-order valence-electron chi connectivity index (χ3n) is 4.92. The monoisotopic (exact) mass is 373 g/mol. The molecule has 0 N–H and O–H groups in total. The number of aromatic nitrogens is 2. The number of ether oxygens (including phenoxy) is 2. The molecule has 0 bridgehead atoms. The predicted molar refractivity (Wildman–Crippen MR) is 97.1 cm³/mol. The largest absolute Gasteiger partial charge is 0.381 e. The lowest BCUT2D eigenvalue weighted by molar-refractivity contribution is -0.146. The summed E-state index contributed by atoms with van der Waals surface area (Å²) in [6, 6.07) is 8.92. The van der Waals surface area contributed by atoms with Crippen LogP contribution in [0.25, 0.3) is 11.4 Å². The molecule has 1 spiro atoms. The van der Waals surface area contributed by atoms with Gasteiger partial charge in [-0.05, 0) is 30.3 Å². The summed E-state index contributed by atoms with van der Waals surface area (Å²) in [7, 11) is 0. The van der Waals surface area contributed by atoms with E-state index in [0.29, 0.717) is 49.5 Å². The number of benzene rings is 1. The Hall–Kier alpha value is -2.02. The van der Waals surface area contributed by atoms with Crippen LogP contribution >= 0.6 is 11.6 Å². The van der Waals surface area contributed by atoms with Gasteiger partial charge in [0.1, 0.15) is 5.69 Å². The van der Waals surface area contributed by atoms with Gasteiger partial charge >= 0.3 is 0 Å². The van der Waals surface area contributed by atoms with Crippen molar-refractivity contribution in [3.8, 4) is 11.4 Å². The SMILES string of the molecule is O=C(c1ccnc(-c2ccc(Cl)cc2)n1)N1CCOC2(CCOCC2)C1. The molecule has 0 saturated carbocycles. The molecule has 0 unspecified atom stereocenters. The highest BCUT2D eigenvalue weighted by Gasteiger charge is 2.40. The number of amides is 1. The Morgan fingerprint density at radius 2 is 1.88 bits per heavy atom. The highest BCUT2D eigenvalue weighted by Crippen LogP contribution is 2.29. The van der Waals surface area contributed by atoms with Crippen molar-refractivity contribution in [2.24, 2.45) is 0 Å². The van der Waals surface area contributed by atoms with Gasteiger partial charge in [-0.1, -0.05) is 11.6 Å². The molecule has 1 aromatic heterocycles. The number of nitrogens with zero attached hydrogens (tertiary/aromatic N) is 3. The van der Waals surface area contributed by atoms with Crippen molar-refractivity contribution in [3.05, 3.63) is 47.2 Å². The first-order valence-corrected chi connectivity index (χ1v) is 9.13. The van der Waals surface area contributed by atoms with Crippen LogP contribution in [0.4, 0.5) is 0 Å². The van der Waals surface area contributed by atoms with Crippen molar-refractivity contribution in [3.63, 3.8) is 0 Å². The second-order valence-electron chi connectivity index (χ2n) is 6.64. The quantitative estimate of drug-likeness (QED) is 0.809. The van der Waals surface area contributed by atoms with E-state index in [-0.39, 0.29) is 11.5 Å². The average Bonchev–Trinajstić information content (AvgIpc) is 2.69. The minimum atomic E-state index is -0.280. The molecular formula is C19H20ClN3O3. The smallest absolute Gasteiger partial charge is 0.272 e. The summed E-state index contributed by atoms with van der Waals surface area (Å²) >= 11 is 5.93. The molecule has 2 fully saturated rings. The Bertz CT molecular complexity index is 785. The Morgan fingerprint density at radius 3 is 2.65 bits per heavy atom. The van der Waals surface area contributed by atoms with E-state index in [0.717, 1.165) is 18.4 Å². The van der Waals surface area contributed by atoms with Crippen LogP contribution in [-0.2, 0) is 9.47 Å². The fourth-order valence-corrected chi connectivity index (χ4v) is 3.57. The average molecular weight is 374 g/mol. The number of hydrogen-bond donors (Lipinski definition) is 0. The van der Waals surface area contributed by atoms with Crippen molar-refractivity contribution in [1.29, 1.82) is 0 Å². The van der Waals surface area contributed by atoms with Crippen molar-refractivity contribution < 1.29 is 14.3 Å². The molecular weight excluding hydrogens is 354 g/mol. The van der Waals surface area contributed by atoms with E-state index in [2.05, 4.69) is 9.97 Å². The summed E-state index contributed by atoms with van der Waals surface area (Å²) in [4.78, 5) is 23.6. The molecule has 0 radical (unpaired) electrons. The van der Waals surface area contributed by atoms with Crippen molar-refractivity contribution in [2.45, 2.75) is 18.4 Å². The van der Waals surface area contributed by atoms with Crippen LogP contribution in [0, 0.1) is 0 Å². The van der Waals surface area contributed by atoms with Gasteiger partial charge in [0.15, 0.2) is 5.82 Å². The maximum Gasteiger partial charge on any atom is 0.272 e. The molecule has 6 nitrogen and oxygen atoms in total. The second-order valence-corrected chi connectivity index (χ2v) is 7.08. The predicted octanol–water partition coefficient (Wildman–Crippen LogP) is 2.82. The lowest BCUT2D eigenvalue weighted by atomic mass is 9.92. The first-order valence-electron chi connectivity index (χ1n) is 8.75. The molecule has 2 saturated heterocycles. The number of morpholine rings is 1. The lowest BCUT2D eigenvalue weighted by Crippen LogP contribution is -2.56. The minimum absolute atomic E-state index is 0.0863. The number of carbonyl (C=O) groups is 1. The summed E-state index contributed by atoms with van der Waals surface area (Å²) in [6.07, 6.45) is 3.25. The molecule has 1 amide bonds. The van der Waals surface area contributed by atoms with Gasteiger partial charge in [-0.2, -0.15) is 0 Å². The fraction of sp³-hybridized carbons (Fsp3) is 0.421. The van der Waals surface area contributed by atoms with Crippen LogP contribution in [0.1, 0.15) is 23.3 Å². The molecule has 2 aromatic rings. The molecule has 7 heteroatoms. The zero-order valence-corrected chi connectivity index (χ0v) is 15.1. The van der Waals surface area contributed by atoms with Crippen LogP contribution < -0.4 is 0 Å².